The minimum Gasteiger partial charge on any atom is -0.357 e. The lowest BCUT2D eigenvalue weighted by Crippen LogP contribution is -2.33. The third-order valence-electron chi connectivity index (χ3n) is 4.65. The zero-order valence-corrected chi connectivity index (χ0v) is 16.2. The van der Waals surface area contributed by atoms with Crippen molar-refractivity contribution in [3.05, 3.63) is 59.8 Å². The molecule has 1 aliphatic rings. The highest BCUT2D eigenvalue weighted by Gasteiger charge is 2.21. The molecule has 0 amide bonds. The van der Waals surface area contributed by atoms with Gasteiger partial charge in [-0.3, -0.25) is 4.79 Å². The number of carbonyl (C=O) groups excluding carboxylic acids is 1. The third-order valence-corrected chi connectivity index (χ3v) is 4.65. The Bertz CT molecular complexity index is 639. The predicted molar refractivity (Wildman–Crippen MR) is 109 cm³/mol. The molecule has 25 heavy (non-hydrogen) atoms. The molecule has 0 unspecified atom stereocenters. The lowest BCUT2D eigenvalue weighted by Gasteiger charge is -2.33. The van der Waals surface area contributed by atoms with Gasteiger partial charge in [-0.05, 0) is 42.9 Å². The molecule has 0 saturated carbocycles. The maximum atomic E-state index is 11.9. The van der Waals surface area contributed by atoms with Crippen LogP contribution in [0.15, 0.2) is 48.7 Å². The maximum absolute atomic E-state index is 11.9. The number of benzene rings is 1. The monoisotopic (exact) mass is 380 g/mol. The molecule has 136 valence electrons. The van der Waals surface area contributed by atoms with E-state index in [9.17, 15) is 4.79 Å². The quantitative estimate of drug-likeness (QED) is 0.660. The first kappa shape index (κ1) is 21.5. The highest BCUT2D eigenvalue weighted by molar-refractivity contribution is 5.96. The molecule has 0 spiro atoms. The largest absolute Gasteiger partial charge is 0.357 e. The Hall–Kier alpha value is -1.58. The van der Waals surface area contributed by atoms with Crippen molar-refractivity contribution in [1.82, 2.24) is 4.98 Å². The van der Waals surface area contributed by atoms with Gasteiger partial charge in [-0.2, -0.15) is 0 Å². The van der Waals surface area contributed by atoms with Crippen molar-refractivity contribution in [3.63, 3.8) is 0 Å². The minimum absolute atomic E-state index is 0. The summed E-state index contributed by atoms with van der Waals surface area (Å²) < 4.78 is 0. The topological polar surface area (TPSA) is 33.2 Å². The number of hydrogen-bond donors (Lipinski definition) is 0. The van der Waals surface area contributed by atoms with Crippen LogP contribution in [0.5, 0.6) is 0 Å². The van der Waals surface area contributed by atoms with Gasteiger partial charge in [-0.15, -0.1) is 24.8 Å². The number of carbonyl (C=O) groups is 1. The second-order valence-electron chi connectivity index (χ2n) is 6.24. The van der Waals surface area contributed by atoms with Gasteiger partial charge in [0.1, 0.15) is 5.82 Å². The van der Waals surface area contributed by atoms with Gasteiger partial charge in [0.25, 0.3) is 0 Å². The Labute approximate surface area is 162 Å². The van der Waals surface area contributed by atoms with Crippen LogP contribution in [0.3, 0.4) is 0 Å². The molecule has 1 aromatic heterocycles. The number of halogens is 2. The van der Waals surface area contributed by atoms with Gasteiger partial charge in [0.2, 0.25) is 0 Å². The first-order valence-corrected chi connectivity index (χ1v) is 8.57. The van der Waals surface area contributed by atoms with E-state index in [-0.39, 0.29) is 30.6 Å². The van der Waals surface area contributed by atoms with Crippen LogP contribution in [-0.4, -0.2) is 23.9 Å². The Morgan fingerprint density at radius 1 is 1.08 bits per heavy atom. The standard InChI is InChI=1S/C20H24N2O.2ClH/c1-2-5-19(23)18-9-7-16(8-10-18)17-11-14-22(15-12-17)20-6-3-4-13-21-20;;/h3-4,6-10,13,17H,2,5,11-12,14-15H2,1H3;2*1H. The number of hydrogen-bond acceptors (Lipinski definition) is 3. The van der Waals surface area contributed by atoms with Crippen LogP contribution < -0.4 is 4.90 Å². The first-order valence-electron chi connectivity index (χ1n) is 8.57. The average Bonchev–Trinajstić information content (AvgIpc) is 2.63. The summed E-state index contributed by atoms with van der Waals surface area (Å²) in [6.45, 7) is 4.12. The third kappa shape index (κ3) is 5.45. The number of anilines is 1. The summed E-state index contributed by atoms with van der Waals surface area (Å²) in [5.74, 6) is 1.92. The summed E-state index contributed by atoms with van der Waals surface area (Å²) >= 11 is 0. The van der Waals surface area contributed by atoms with E-state index in [1.165, 1.54) is 5.56 Å². The summed E-state index contributed by atoms with van der Waals surface area (Å²) in [6.07, 6.45) is 5.68. The first-order chi connectivity index (χ1) is 11.3. The van der Waals surface area contributed by atoms with E-state index in [4.69, 9.17) is 0 Å². The van der Waals surface area contributed by atoms with Gasteiger partial charge in [0.15, 0.2) is 5.78 Å². The van der Waals surface area contributed by atoms with E-state index in [0.29, 0.717) is 12.3 Å². The number of nitrogens with zero attached hydrogens (tertiary/aromatic N) is 2. The van der Waals surface area contributed by atoms with E-state index in [0.717, 1.165) is 43.7 Å². The van der Waals surface area contributed by atoms with Gasteiger partial charge in [-0.1, -0.05) is 37.3 Å². The molecule has 3 rings (SSSR count). The molecule has 0 radical (unpaired) electrons. The second-order valence-corrected chi connectivity index (χ2v) is 6.24. The lowest BCUT2D eigenvalue weighted by molar-refractivity contribution is 0.0981. The van der Waals surface area contributed by atoms with Gasteiger partial charge in [0.05, 0.1) is 0 Å². The SMILES string of the molecule is CCCC(=O)c1ccc(C2CCN(c3ccccn3)CC2)cc1.Cl.Cl. The molecule has 5 heteroatoms. The van der Waals surface area contributed by atoms with Crippen molar-refractivity contribution in [3.8, 4) is 0 Å². The van der Waals surface area contributed by atoms with Gasteiger partial charge in [-0.25, -0.2) is 4.98 Å². The second kappa shape index (κ2) is 10.4. The summed E-state index contributed by atoms with van der Waals surface area (Å²) in [7, 11) is 0. The molecule has 1 aliphatic heterocycles. The van der Waals surface area contributed by atoms with Crippen LogP contribution in [0.1, 0.15) is 54.4 Å². The van der Waals surface area contributed by atoms with Crippen molar-refractivity contribution >= 4 is 36.4 Å². The van der Waals surface area contributed by atoms with Gasteiger partial charge < -0.3 is 4.90 Å². The molecule has 2 heterocycles. The number of Topliss-reactive ketones (excluding diaryl/α,β-unsaturated/α-hetero) is 1. The molecule has 0 N–H and O–H groups in total. The number of aromatic nitrogens is 1. The molecule has 0 bridgehead atoms. The molecule has 2 aromatic rings. The van der Waals surface area contributed by atoms with Gasteiger partial charge >= 0.3 is 0 Å². The van der Waals surface area contributed by atoms with Crippen molar-refractivity contribution in [2.24, 2.45) is 0 Å². The van der Waals surface area contributed by atoms with E-state index in [1.54, 1.807) is 0 Å². The fourth-order valence-corrected chi connectivity index (χ4v) is 3.30. The average molecular weight is 381 g/mol. The van der Waals surface area contributed by atoms with Crippen molar-refractivity contribution < 1.29 is 4.79 Å². The van der Waals surface area contributed by atoms with Crippen LogP contribution in [0.2, 0.25) is 0 Å². The van der Waals surface area contributed by atoms with Crippen molar-refractivity contribution in [2.45, 2.75) is 38.5 Å². The maximum Gasteiger partial charge on any atom is 0.162 e. The van der Waals surface area contributed by atoms with Crippen LogP contribution >= 0.6 is 24.8 Å². The van der Waals surface area contributed by atoms with E-state index in [1.807, 2.05) is 37.4 Å². The molecular formula is C20H26Cl2N2O. The zero-order chi connectivity index (χ0) is 16.1. The van der Waals surface area contributed by atoms with E-state index >= 15 is 0 Å². The normalized spacial score (nSPS) is 14.4. The zero-order valence-electron chi connectivity index (χ0n) is 14.6. The molecule has 0 atom stereocenters. The molecular weight excluding hydrogens is 355 g/mol. The molecule has 0 aliphatic carbocycles. The fourth-order valence-electron chi connectivity index (χ4n) is 3.30. The van der Waals surface area contributed by atoms with Crippen LogP contribution in [0.4, 0.5) is 5.82 Å². The van der Waals surface area contributed by atoms with Gasteiger partial charge in [0, 0.05) is 31.3 Å². The minimum atomic E-state index is 0. The number of piperidine rings is 1. The predicted octanol–water partition coefficient (Wildman–Crippen LogP) is 5.29. The Morgan fingerprint density at radius 3 is 2.32 bits per heavy atom. The Morgan fingerprint density at radius 2 is 1.76 bits per heavy atom. The fraction of sp³-hybridized carbons (Fsp3) is 0.400. The molecule has 1 saturated heterocycles. The Kier molecular flexibility index (Phi) is 8.95. The Balaban J connectivity index is 0.00000156. The molecule has 1 aromatic carbocycles. The summed E-state index contributed by atoms with van der Waals surface area (Å²) in [4.78, 5) is 18.7. The van der Waals surface area contributed by atoms with Crippen LogP contribution in [-0.2, 0) is 0 Å². The summed E-state index contributed by atoms with van der Waals surface area (Å²) in [6, 6.07) is 14.4. The summed E-state index contributed by atoms with van der Waals surface area (Å²) in [5, 5.41) is 0. The van der Waals surface area contributed by atoms with Crippen molar-refractivity contribution in [2.75, 3.05) is 18.0 Å². The number of pyridine rings is 1. The summed E-state index contributed by atoms with van der Waals surface area (Å²) in [5.41, 5.74) is 2.21. The molecule has 1 fully saturated rings. The van der Waals surface area contributed by atoms with E-state index < -0.39 is 0 Å². The smallest absolute Gasteiger partial charge is 0.162 e. The lowest BCUT2D eigenvalue weighted by atomic mass is 9.88. The number of rotatable bonds is 5. The van der Waals surface area contributed by atoms with Crippen molar-refractivity contribution in [1.29, 1.82) is 0 Å². The highest BCUT2D eigenvalue weighted by Crippen LogP contribution is 2.30. The van der Waals surface area contributed by atoms with E-state index in [2.05, 4.69) is 28.1 Å². The number of ketones is 1. The van der Waals surface area contributed by atoms with Crippen LogP contribution in [0.25, 0.3) is 0 Å². The molecule has 3 nitrogen and oxygen atoms in total. The highest BCUT2D eigenvalue weighted by atomic mass is 35.5. The van der Waals surface area contributed by atoms with Crippen LogP contribution in [0, 0.1) is 0 Å².